The molecule has 1 aromatic rings. The van der Waals surface area contributed by atoms with Crippen molar-refractivity contribution >= 4 is 29.4 Å². The lowest BCUT2D eigenvalue weighted by Crippen LogP contribution is -2.41. The molecular weight excluding hydrogens is 388 g/mol. The number of thioether (sulfide) groups is 1. The van der Waals surface area contributed by atoms with Crippen LogP contribution in [-0.4, -0.2) is 43.1 Å². The fourth-order valence-electron chi connectivity index (χ4n) is 2.90. The molecule has 0 bridgehead atoms. The minimum atomic E-state index is -5.01. The first-order valence-corrected chi connectivity index (χ1v) is 9.21. The number of nitrogens with one attached hydrogen (secondary N) is 1. The Kier molecular flexibility index (Phi) is 5.64. The van der Waals surface area contributed by atoms with Gasteiger partial charge in [0.15, 0.2) is 0 Å². The number of allylic oxidation sites excluding steroid dienone is 1. The van der Waals surface area contributed by atoms with Crippen molar-refractivity contribution in [2.75, 3.05) is 23.7 Å². The van der Waals surface area contributed by atoms with Gasteiger partial charge in [-0.15, -0.1) is 11.8 Å². The number of carbonyl (C=O) groups is 2. The Morgan fingerprint density at radius 2 is 2.15 bits per heavy atom. The monoisotopic (exact) mass is 404 g/mol. The number of rotatable bonds is 4. The number of anilines is 1. The minimum absolute atomic E-state index is 0.0313. The van der Waals surface area contributed by atoms with Gasteiger partial charge in [-0.1, -0.05) is 12.1 Å². The lowest BCUT2D eigenvalue weighted by molar-refractivity contribution is -0.173. The van der Waals surface area contributed by atoms with Crippen molar-refractivity contribution in [3.05, 3.63) is 41.1 Å². The van der Waals surface area contributed by atoms with E-state index in [1.807, 2.05) is 11.5 Å². The molecule has 2 amide bonds. The van der Waals surface area contributed by atoms with Crippen LogP contribution in [0.4, 0.5) is 28.0 Å². The molecule has 1 unspecified atom stereocenters. The number of hydrogen-bond donors (Lipinski definition) is 1. The van der Waals surface area contributed by atoms with Crippen molar-refractivity contribution in [1.29, 1.82) is 0 Å². The predicted molar refractivity (Wildman–Crippen MR) is 92.0 cm³/mol. The zero-order chi connectivity index (χ0) is 19.6. The first-order chi connectivity index (χ1) is 12.8. The van der Waals surface area contributed by atoms with E-state index in [0.29, 0.717) is 5.56 Å². The van der Waals surface area contributed by atoms with Crippen LogP contribution in [0.3, 0.4) is 0 Å². The molecule has 2 atom stereocenters. The van der Waals surface area contributed by atoms with Crippen molar-refractivity contribution in [3.8, 4) is 0 Å². The molecule has 1 N–H and O–H groups in total. The molecule has 0 spiro atoms. The SMILES string of the molecule is O=C1O[C@@H](CNC(=O)C(F)(F)F)CN1c1ccc(C2C=CSCC2)c(F)c1. The summed E-state index contributed by atoms with van der Waals surface area (Å²) < 4.78 is 56.0. The summed E-state index contributed by atoms with van der Waals surface area (Å²) in [5, 5.41) is 3.60. The summed E-state index contributed by atoms with van der Waals surface area (Å²) in [5.41, 5.74) is 0.775. The van der Waals surface area contributed by atoms with Gasteiger partial charge in [-0.2, -0.15) is 13.2 Å². The van der Waals surface area contributed by atoms with Gasteiger partial charge >= 0.3 is 18.2 Å². The van der Waals surface area contributed by atoms with E-state index in [4.69, 9.17) is 4.74 Å². The summed E-state index contributed by atoms with van der Waals surface area (Å²) in [7, 11) is 0. The maximum atomic E-state index is 14.5. The second kappa shape index (κ2) is 7.79. The Morgan fingerprint density at radius 3 is 2.78 bits per heavy atom. The summed E-state index contributed by atoms with van der Waals surface area (Å²) >= 11 is 1.66. The normalized spacial score (nSPS) is 22.7. The van der Waals surface area contributed by atoms with Gasteiger partial charge in [0.05, 0.1) is 18.8 Å². The average Bonchev–Trinajstić information content (AvgIpc) is 3.00. The van der Waals surface area contributed by atoms with E-state index in [-0.39, 0.29) is 18.2 Å². The van der Waals surface area contributed by atoms with Gasteiger partial charge in [-0.3, -0.25) is 9.69 Å². The van der Waals surface area contributed by atoms with Crippen LogP contribution in [0.2, 0.25) is 0 Å². The molecule has 0 aliphatic carbocycles. The van der Waals surface area contributed by atoms with Gasteiger partial charge in [-0.25, -0.2) is 9.18 Å². The maximum Gasteiger partial charge on any atom is 0.471 e. The summed E-state index contributed by atoms with van der Waals surface area (Å²) in [4.78, 5) is 23.9. The zero-order valence-electron chi connectivity index (χ0n) is 14.0. The number of carbonyl (C=O) groups excluding carboxylic acids is 2. The van der Waals surface area contributed by atoms with Crippen LogP contribution in [0.25, 0.3) is 0 Å². The van der Waals surface area contributed by atoms with Crippen LogP contribution < -0.4 is 10.2 Å². The molecule has 0 saturated carbocycles. The molecule has 3 rings (SSSR count). The Hall–Kier alpha value is -2.23. The molecule has 5 nitrogen and oxygen atoms in total. The fourth-order valence-corrected chi connectivity index (χ4v) is 3.73. The van der Waals surface area contributed by atoms with Gasteiger partial charge in [-0.05, 0) is 35.3 Å². The van der Waals surface area contributed by atoms with Crippen molar-refractivity contribution < 1.29 is 31.9 Å². The van der Waals surface area contributed by atoms with Gasteiger partial charge in [0.1, 0.15) is 11.9 Å². The van der Waals surface area contributed by atoms with Gasteiger partial charge in [0.25, 0.3) is 0 Å². The summed E-state index contributed by atoms with van der Waals surface area (Å²) in [6, 6.07) is 4.39. The highest BCUT2D eigenvalue weighted by atomic mass is 32.2. The Balaban J connectivity index is 1.65. The minimum Gasteiger partial charge on any atom is -0.442 e. The first-order valence-electron chi connectivity index (χ1n) is 8.16. The Morgan fingerprint density at radius 1 is 1.37 bits per heavy atom. The average molecular weight is 404 g/mol. The zero-order valence-corrected chi connectivity index (χ0v) is 14.8. The lowest BCUT2D eigenvalue weighted by atomic mass is 9.95. The molecule has 1 fully saturated rings. The Labute approximate surface area is 156 Å². The summed E-state index contributed by atoms with van der Waals surface area (Å²) in [5.74, 6) is -1.70. The van der Waals surface area contributed by atoms with Crippen LogP contribution in [0.1, 0.15) is 17.9 Å². The Bertz CT molecular complexity index is 769. The molecule has 27 heavy (non-hydrogen) atoms. The van der Waals surface area contributed by atoms with Crippen molar-refractivity contribution in [1.82, 2.24) is 5.32 Å². The number of amides is 2. The maximum absolute atomic E-state index is 14.5. The third kappa shape index (κ3) is 4.55. The van der Waals surface area contributed by atoms with E-state index >= 15 is 0 Å². The smallest absolute Gasteiger partial charge is 0.442 e. The van der Waals surface area contributed by atoms with Crippen molar-refractivity contribution in [3.63, 3.8) is 0 Å². The van der Waals surface area contributed by atoms with Crippen LogP contribution in [0.5, 0.6) is 0 Å². The molecule has 0 aromatic heterocycles. The number of halogens is 4. The van der Waals surface area contributed by atoms with E-state index in [1.54, 1.807) is 29.2 Å². The number of hydrogen-bond acceptors (Lipinski definition) is 4. The van der Waals surface area contributed by atoms with Crippen molar-refractivity contribution in [2.45, 2.75) is 24.6 Å². The van der Waals surface area contributed by atoms with Gasteiger partial charge < -0.3 is 10.1 Å². The van der Waals surface area contributed by atoms with E-state index in [2.05, 4.69) is 0 Å². The van der Waals surface area contributed by atoms with E-state index < -0.39 is 36.6 Å². The number of alkyl halides is 3. The van der Waals surface area contributed by atoms with Gasteiger partial charge in [0, 0.05) is 5.92 Å². The van der Waals surface area contributed by atoms with Gasteiger partial charge in [0.2, 0.25) is 0 Å². The van der Waals surface area contributed by atoms with Crippen molar-refractivity contribution in [2.24, 2.45) is 0 Å². The molecule has 1 saturated heterocycles. The topological polar surface area (TPSA) is 58.6 Å². The molecule has 2 aliphatic rings. The molecular formula is C17H16F4N2O3S. The van der Waals surface area contributed by atoms with E-state index in [0.717, 1.165) is 17.1 Å². The standard InChI is InChI=1S/C17H16F4N2O3S/c18-14-7-11(1-2-13(14)10-3-5-27-6-4-10)23-9-12(26-16(23)25)8-22-15(24)17(19,20)21/h1-3,5,7,10,12H,4,6,8-9H2,(H,22,24)/t10?,12-/m0/s1. The quantitative estimate of drug-likeness (QED) is 0.780. The van der Waals surface area contributed by atoms with Crippen LogP contribution in [-0.2, 0) is 9.53 Å². The summed E-state index contributed by atoms with van der Waals surface area (Å²) in [6.07, 6.45) is -4.03. The number of nitrogens with zero attached hydrogens (tertiary/aromatic N) is 1. The molecule has 2 heterocycles. The van der Waals surface area contributed by atoms with Crippen LogP contribution in [0, 0.1) is 5.82 Å². The first kappa shape index (κ1) is 19.5. The second-order valence-corrected chi connectivity index (χ2v) is 7.14. The van der Waals surface area contributed by atoms with E-state index in [1.165, 1.54) is 6.07 Å². The number of ether oxygens (including phenoxy) is 1. The van der Waals surface area contributed by atoms with E-state index in [9.17, 15) is 27.2 Å². The fraction of sp³-hybridized carbons (Fsp3) is 0.412. The third-order valence-electron chi connectivity index (χ3n) is 4.27. The largest absolute Gasteiger partial charge is 0.471 e. The highest BCUT2D eigenvalue weighted by Crippen LogP contribution is 2.33. The van der Waals surface area contributed by atoms with Crippen LogP contribution >= 0.6 is 11.8 Å². The number of cyclic esters (lactones) is 1. The van der Waals surface area contributed by atoms with Crippen LogP contribution in [0.15, 0.2) is 29.7 Å². The second-order valence-electron chi connectivity index (χ2n) is 6.12. The molecule has 10 heteroatoms. The third-order valence-corrected chi connectivity index (χ3v) is 5.09. The molecule has 1 aromatic carbocycles. The predicted octanol–water partition coefficient (Wildman–Crippen LogP) is 3.56. The summed E-state index contributed by atoms with van der Waals surface area (Å²) in [6.45, 7) is -0.568. The highest BCUT2D eigenvalue weighted by molar-refractivity contribution is 8.02. The molecule has 146 valence electrons. The molecule has 2 aliphatic heterocycles. The molecule has 0 radical (unpaired) electrons. The number of benzene rings is 1. The highest BCUT2D eigenvalue weighted by Gasteiger charge is 2.40. The lowest BCUT2D eigenvalue weighted by Gasteiger charge is -2.19.